The van der Waals surface area contributed by atoms with Gasteiger partial charge in [0.15, 0.2) is 5.96 Å². The Morgan fingerprint density at radius 2 is 2.11 bits per heavy atom. The first kappa shape index (κ1) is 22.7. The Morgan fingerprint density at radius 1 is 1.29 bits per heavy atom. The van der Waals surface area contributed by atoms with Crippen LogP contribution in [0.25, 0.3) is 0 Å². The Bertz CT molecular complexity index is 719. The molecular weight excluding hydrogens is 465 g/mol. The van der Waals surface area contributed by atoms with Gasteiger partial charge in [0, 0.05) is 51.1 Å². The molecule has 1 aliphatic rings. The van der Waals surface area contributed by atoms with Gasteiger partial charge < -0.3 is 19.5 Å². The smallest absolute Gasteiger partial charge is 0.194 e. The summed E-state index contributed by atoms with van der Waals surface area (Å²) in [5, 5.41) is 3.43. The predicted molar refractivity (Wildman–Crippen MR) is 124 cm³/mol. The van der Waals surface area contributed by atoms with Crippen LogP contribution >= 0.6 is 24.0 Å². The van der Waals surface area contributed by atoms with Crippen molar-refractivity contribution in [1.82, 2.24) is 19.8 Å². The van der Waals surface area contributed by atoms with E-state index in [1.165, 1.54) is 5.56 Å². The van der Waals surface area contributed by atoms with Gasteiger partial charge in [0.05, 0.1) is 6.61 Å². The number of rotatable bonds is 8. The van der Waals surface area contributed by atoms with Crippen LogP contribution < -0.4 is 5.32 Å². The van der Waals surface area contributed by atoms with Crippen LogP contribution in [0.2, 0.25) is 0 Å². The monoisotopic (exact) mass is 497 g/mol. The van der Waals surface area contributed by atoms with E-state index in [2.05, 4.69) is 57.9 Å². The summed E-state index contributed by atoms with van der Waals surface area (Å²) >= 11 is 0. The standard InChI is InChI=1S/C21H31N5O.HI/c1-3-22-21(26-12-10-19(16-26)17-27-4-2)24-14-20-23-11-13-25(20)15-18-8-6-5-7-9-18;/h5-9,11,13,19H,3-4,10,12,14-17H2,1-2H3,(H,22,24);1H. The third-order valence-corrected chi connectivity index (χ3v) is 4.85. The van der Waals surface area contributed by atoms with E-state index in [9.17, 15) is 0 Å². The van der Waals surface area contributed by atoms with E-state index in [4.69, 9.17) is 9.73 Å². The average Bonchev–Trinajstić information content (AvgIpc) is 3.34. The highest BCUT2D eigenvalue weighted by atomic mass is 127. The molecule has 1 saturated heterocycles. The second kappa shape index (κ2) is 12.1. The lowest BCUT2D eigenvalue weighted by Gasteiger charge is -2.21. The van der Waals surface area contributed by atoms with E-state index >= 15 is 0 Å². The fourth-order valence-corrected chi connectivity index (χ4v) is 3.43. The number of nitrogens with one attached hydrogen (secondary N) is 1. The Morgan fingerprint density at radius 3 is 2.86 bits per heavy atom. The fraction of sp³-hybridized carbons (Fsp3) is 0.524. The average molecular weight is 497 g/mol. The van der Waals surface area contributed by atoms with Gasteiger partial charge in [-0.3, -0.25) is 0 Å². The van der Waals surface area contributed by atoms with Crippen LogP contribution in [-0.4, -0.2) is 53.3 Å². The molecule has 154 valence electrons. The highest BCUT2D eigenvalue weighted by Gasteiger charge is 2.24. The Labute approximate surface area is 185 Å². The summed E-state index contributed by atoms with van der Waals surface area (Å²) in [5.74, 6) is 2.55. The van der Waals surface area contributed by atoms with E-state index in [1.54, 1.807) is 0 Å². The van der Waals surface area contributed by atoms with Crippen LogP contribution in [0.1, 0.15) is 31.7 Å². The molecule has 1 atom stereocenters. The summed E-state index contributed by atoms with van der Waals surface area (Å²) in [6.07, 6.45) is 5.04. The first-order valence-corrected chi connectivity index (χ1v) is 9.95. The van der Waals surface area contributed by atoms with Crippen LogP contribution in [0.5, 0.6) is 0 Å². The number of aromatic nitrogens is 2. The molecular formula is C21H32IN5O. The Kier molecular flexibility index (Phi) is 9.77. The summed E-state index contributed by atoms with van der Waals surface area (Å²) in [5.41, 5.74) is 1.27. The normalized spacial score (nSPS) is 16.9. The number of imidazole rings is 1. The first-order chi connectivity index (χ1) is 13.3. The molecule has 2 heterocycles. The molecule has 7 heteroatoms. The molecule has 0 bridgehead atoms. The van der Waals surface area contributed by atoms with Gasteiger partial charge in [0.25, 0.3) is 0 Å². The highest BCUT2D eigenvalue weighted by molar-refractivity contribution is 14.0. The van der Waals surface area contributed by atoms with Gasteiger partial charge in [-0.25, -0.2) is 9.98 Å². The fourth-order valence-electron chi connectivity index (χ4n) is 3.43. The highest BCUT2D eigenvalue weighted by Crippen LogP contribution is 2.17. The predicted octanol–water partition coefficient (Wildman–Crippen LogP) is 3.37. The molecule has 1 unspecified atom stereocenters. The summed E-state index contributed by atoms with van der Waals surface area (Å²) in [4.78, 5) is 11.7. The Hall–Kier alpha value is -1.61. The SMILES string of the molecule is CCNC(=NCc1nccn1Cc1ccccc1)N1CCC(COCC)C1.I. The number of hydrogen-bond donors (Lipinski definition) is 1. The van der Waals surface area contributed by atoms with Crippen molar-refractivity contribution in [2.24, 2.45) is 10.9 Å². The lowest BCUT2D eigenvalue weighted by atomic mass is 10.1. The van der Waals surface area contributed by atoms with Gasteiger partial charge in [0.2, 0.25) is 0 Å². The third-order valence-electron chi connectivity index (χ3n) is 4.85. The summed E-state index contributed by atoms with van der Waals surface area (Å²) < 4.78 is 7.77. The zero-order valence-corrected chi connectivity index (χ0v) is 19.2. The maximum Gasteiger partial charge on any atom is 0.194 e. The van der Waals surface area contributed by atoms with Crippen LogP contribution in [-0.2, 0) is 17.8 Å². The molecule has 2 aromatic rings. The minimum atomic E-state index is 0. The number of ether oxygens (including phenoxy) is 1. The van der Waals surface area contributed by atoms with E-state index < -0.39 is 0 Å². The molecule has 6 nitrogen and oxygen atoms in total. The van der Waals surface area contributed by atoms with E-state index in [1.807, 2.05) is 18.5 Å². The van der Waals surface area contributed by atoms with Crippen molar-refractivity contribution in [3.63, 3.8) is 0 Å². The minimum absolute atomic E-state index is 0. The number of guanidine groups is 1. The van der Waals surface area contributed by atoms with Crippen molar-refractivity contribution < 1.29 is 4.74 Å². The topological polar surface area (TPSA) is 54.7 Å². The number of halogens is 1. The summed E-state index contributed by atoms with van der Waals surface area (Å²) in [7, 11) is 0. The molecule has 1 aromatic heterocycles. The summed E-state index contributed by atoms with van der Waals surface area (Å²) in [6, 6.07) is 10.5. The second-order valence-electron chi connectivity index (χ2n) is 6.89. The maximum atomic E-state index is 5.60. The van der Waals surface area contributed by atoms with Crippen molar-refractivity contribution in [2.45, 2.75) is 33.4 Å². The van der Waals surface area contributed by atoms with Crippen LogP contribution in [0.3, 0.4) is 0 Å². The molecule has 1 fully saturated rings. The van der Waals surface area contributed by atoms with Gasteiger partial charge in [-0.1, -0.05) is 30.3 Å². The zero-order chi connectivity index (χ0) is 18.9. The van der Waals surface area contributed by atoms with Gasteiger partial charge in [0.1, 0.15) is 12.4 Å². The van der Waals surface area contributed by atoms with Crippen LogP contribution in [0.4, 0.5) is 0 Å². The van der Waals surface area contributed by atoms with Crippen molar-refractivity contribution in [1.29, 1.82) is 0 Å². The van der Waals surface area contributed by atoms with E-state index in [-0.39, 0.29) is 24.0 Å². The van der Waals surface area contributed by atoms with Gasteiger partial charge in [-0.2, -0.15) is 0 Å². The molecule has 28 heavy (non-hydrogen) atoms. The van der Waals surface area contributed by atoms with E-state index in [0.29, 0.717) is 12.5 Å². The molecule has 3 rings (SSSR count). The van der Waals surface area contributed by atoms with Gasteiger partial charge >= 0.3 is 0 Å². The number of likely N-dealkylation sites (tertiary alicyclic amines) is 1. The minimum Gasteiger partial charge on any atom is -0.381 e. The molecule has 0 amide bonds. The molecule has 1 aromatic carbocycles. The zero-order valence-electron chi connectivity index (χ0n) is 16.9. The lowest BCUT2D eigenvalue weighted by molar-refractivity contribution is 0.114. The largest absolute Gasteiger partial charge is 0.381 e. The van der Waals surface area contributed by atoms with E-state index in [0.717, 1.165) is 57.6 Å². The van der Waals surface area contributed by atoms with Crippen molar-refractivity contribution in [2.75, 3.05) is 32.8 Å². The molecule has 0 aliphatic carbocycles. The molecule has 1 N–H and O–H groups in total. The lowest BCUT2D eigenvalue weighted by Crippen LogP contribution is -2.40. The van der Waals surface area contributed by atoms with Crippen LogP contribution in [0, 0.1) is 5.92 Å². The van der Waals surface area contributed by atoms with Gasteiger partial charge in [-0.05, 0) is 25.8 Å². The number of nitrogens with zero attached hydrogens (tertiary/aromatic N) is 4. The molecule has 0 saturated carbocycles. The quantitative estimate of drug-likeness (QED) is 0.345. The molecule has 0 spiro atoms. The maximum absolute atomic E-state index is 5.60. The summed E-state index contributed by atoms with van der Waals surface area (Å²) in [6.45, 7) is 10.1. The van der Waals surface area contributed by atoms with Crippen molar-refractivity contribution in [3.05, 3.63) is 54.1 Å². The van der Waals surface area contributed by atoms with Crippen LogP contribution in [0.15, 0.2) is 47.7 Å². The number of hydrogen-bond acceptors (Lipinski definition) is 3. The third kappa shape index (κ3) is 6.48. The molecule has 1 aliphatic heterocycles. The number of benzene rings is 1. The van der Waals surface area contributed by atoms with Crippen molar-refractivity contribution in [3.8, 4) is 0 Å². The van der Waals surface area contributed by atoms with Crippen molar-refractivity contribution >= 4 is 29.9 Å². The Balaban J connectivity index is 0.00000280. The first-order valence-electron chi connectivity index (χ1n) is 9.95. The molecule has 0 radical (unpaired) electrons. The number of aliphatic imine (C=N–C) groups is 1. The second-order valence-corrected chi connectivity index (χ2v) is 6.89. The van der Waals surface area contributed by atoms with Gasteiger partial charge in [-0.15, -0.1) is 24.0 Å².